The Morgan fingerprint density at radius 1 is 0.939 bits per heavy atom. The Hall–Kier alpha value is -3.20. The molecule has 0 saturated carbocycles. The SMILES string of the molecule is O=c1ccn(CCCc2cnnn2CC(O)(c2ccc(Cl)cc2)c2ccc(Cl)cc2)c(=O)[nH]1. The predicted octanol–water partition coefficient (Wildman–Crippen LogP) is 3.00. The van der Waals surface area contributed by atoms with Gasteiger partial charge in [0.15, 0.2) is 0 Å². The summed E-state index contributed by atoms with van der Waals surface area (Å²) >= 11 is 12.1. The molecule has 0 amide bonds. The van der Waals surface area contributed by atoms with Crippen LogP contribution in [0.3, 0.4) is 0 Å². The van der Waals surface area contributed by atoms with Crippen LogP contribution in [-0.4, -0.2) is 29.7 Å². The fourth-order valence-electron chi connectivity index (χ4n) is 3.67. The molecule has 170 valence electrons. The van der Waals surface area contributed by atoms with Crippen LogP contribution in [0.4, 0.5) is 0 Å². The first kappa shape index (κ1) is 23.0. The molecule has 2 aromatic carbocycles. The van der Waals surface area contributed by atoms with Crippen molar-refractivity contribution in [2.75, 3.05) is 0 Å². The van der Waals surface area contributed by atoms with Crippen LogP contribution in [0, 0.1) is 0 Å². The van der Waals surface area contributed by atoms with Crippen LogP contribution < -0.4 is 11.2 Å². The Morgan fingerprint density at radius 3 is 2.12 bits per heavy atom. The number of aromatic amines is 1. The van der Waals surface area contributed by atoms with Crippen LogP contribution in [0.2, 0.25) is 10.0 Å². The van der Waals surface area contributed by atoms with E-state index < -0.39 is 16.9 Å². The number of benzene rings is 2. The minimum atomic E-state index is -1.41. The second-order valence-corrected chi connectivity index (χ2v) is 8.54. The molecular weight excluding hydrogens is 465 g/mol. The summed E-state index contributed by atoms with van der Waals surface area (Å²) < 4.78 is 3.09. The quantitative estimate of drug-likeness (QED) is 0.399. The molecule has 0 bridgehead atoms. The van der Waals surface area contributed by atoms with Crippen molar-refractivity contribution in [3.05, 3.63) is 115 Å². The normalized spacial score (nSPS) is 11.6. The van der Waals surface area contributed by atoms with Crippen molar-refractivity contribution in [3.8, 4) is 0 Å². The van der Waals surface area contributed by atoms with Crippen molar-refractivity contribution in [3.63, 3.8) is 0 Å². The molecule has 0 fully saturated rings. The van der Waals surface area contributed by atoms with Gasteiger partial charge in [-0.3, -0.25) is 9.78 Å². The van der Waals surface area contributed by atoms with E-state index in [0.717, 1.165) is 5.69 Å². The predicted molar refractivity (Wildman–Crippen MR) is 126 cm³/mol. The van der Waals surface area contributed by atoms with Gasteiger partial charge in [-0.1, -0.05) is 52.7 Å². The monoisotopic (exact) mass is 485 g/mol. The lowest BCUT2D eigenvalue weighted by Crippen LogP contribution is -2.34. The van der Waals surface area contributed by atoms with Gasteiger partial charge in [0.2, 0.25) is 0 Å². The molecule has 4 rings (SSSR count). The van der Waals surface area contributed by atoms with E-state index in [-0.39, 0.29) is 6.54 Å². The molecule has 0 aliphatic carbocycles. The number of aromatic nitrogens is 5. The van der Waals surface area contributed by atoms with Gasteiger partial charge in [-0.05, 0) is 48.2 Å². The summed E-state index contributed by atoms with van der Waals surface area (Å²) in [5.41, 5.74) is -0.191. The summed E-state index contributed by atoms with van der Waals surface area (Å²) in [6.07, 6.45) is 4.28. The fraction of sp³-hybridized carbons (Fsp3) is 0.217. The van der Waals surface area contributed by atoms with Gasteiger partial charge < -0.3 is 9.67 Å². The highest BCUT2D eigenvalue weighted by molar-refractivity contribution is 6.30. The molecule has 0 spiro atoms. The maximum Gasteiger partial charge on any atom is 0.328 e. The Balaban J connectivity index is 1.58. The molecule has 4 aromatic rings. The average Bonchev–Trinajstić information content (AvgIpc) is 3.22. The Kier molecular flexibility index (Phi) is 6.78. The summed E-state index contributed by atoms with van der Waals surface area (Å²) in [5.74, 6) is 0. The molecule has 0 saturated heterocycles. The van der Waals surface area contributed by atoms with E-state index in [2.05, 4.69) is 15.3 Å². The summed E-state index contributed by atoms with van der Waals surface area (Å²) in [5, 5.41) is 21.2. The third-order valence-electron chi connectivity index (χ3n) is 5.45. The smallest absolute Gasteiger partial charge is 0.328 e. The lowest BCUT2D eigenvalue weighted by Gasteiger charge is -2.30. The third-order valence-corrected chi connectivity index (χ3v) is 5.95. The van der Waals surface area contributed by atoms with Crippen molar-refractivity contribution in [2.24, 2.45) is 0 Å². The number of aryl methyl sites for hydroxylation is 2. The molecule has 2 heterocycles. The number of aliphatic hydroxyl groups is 1. The average molecular weight is 486 g/mol. The number of hydrogen-bond acceptors (Lipinski definition) is 5. The molecule has 0 radical (unpaired) electrons. The highest BCUT2D eigenvalue weighted by atomic mass is 35.5. The number of halogens is 2. The van der Waals surface area contributed by atoms with Crippen molar-refractivity contribution in [1.29, 1.82) is 0 Å². The summed E-state index contributed by atoms with van der Waals surface area (Å²) in [6.45, 7) is 0.531. The summed E-state index contributed by atoms with van der Waals surface area (Å²) in [6, 6.07) is 15.3. The first-order valence-corrected chi connectivity index (χ1v) is 11.0. The largest absolute Gasteiger partial charge is 0.378 e. The van der Waals surface area contributed by atoms with E-state index in [1.165, 1.54) is 16.8 Å². The maximum absolute atomic E-state index is 11.9. The summed E-state index contributed by atoms with van der Waals surface area (Å²) in [4.78, 5) is 25.3. The van der Waals surface area contributed by atoms with Gasteiger partial charge in [0.25, 0.3) is 5.56 Å². The molecule has 0 unspecified atom stereocenters. The number of rotatable bonds is 8. The van der Waals surface area contributed by atoms with Crippen LogP contribution in [-0.2, 0) is 25.1 Å². The van der Waals surface area contributed by atoms with Crippen LogP contribution >= 0.6 is 23.2 Å². The molecule has 33 heavy (non-hydrogen) atoms. The fourth-order valence-corrected chi connectivity index (χ4v) is 3.93. The number of nitrogens with zero attached hydrogens (tertiary/aromatic N) is 4. The van der Waals surface area contributed by atoms with E-state index in [9.17, 15) is 14.7 Å². The lowest BCUT2D eigenvalue weighted by atomic mass is 9.86. The van der Waals surface area contributed by atoms with E-state index in [1.54, 1.807) is 59.4 Å². The summed E-state index contributed by atoms with van der Waals surface area (Å²) in [7, 11) is 0. The van der Waals surface area contributed by atoms with E-state index in [4.69, 9.17) is 23.2 Å². The van der Waals surface area contributed by atoms with Gasteiger partial charge in [-0.15, -0.1) is 5.10 Å². The highest BCUT2D eigenvalue weighted by Crippen LogP contribution is 2.33. The number of H-pyrrole nitrogens is 1. The van der Waals surface area contributed by atoms with E-state index in [0.29, 0.717) is 40.6 Å². The van der Waals surface area contributed by atoms with Crippen LogP contribution in [0.5, 0.6) is 0 Å². The van der Waals surface area contributed by atoms with Crippen molar-refractivity contribution >= 4 is 23.2 Å². The molecule has 2 N–H and O–H groups in total. The molecule has 0 aliphatic heterocycles. The zero-order chi connectivity index (χ0) is 23.4. The van der Waals surface area contributed by atoms with Crippen LogP contribution in [0.15, 0.2) is 76.6 Å². The minimum absolute atomic E-state index is 0.115. The van der Waals surface area contributed by atoms with Crippen LogP contribution in [0.1, 0.15) is 23.2 Å². The minimum Gasteiger partial charge on any atom is -0.378 e. The molecule has 8 nitrogen and oxygen atoms in total. The highest BCUT2D eigenvalue weighted by Gasteiger charge is 2.33. The molecule has 10 heteroatoms. The Labute approximate surface area is 199 Å². The second-order valence-electron chi connectivity index (χ2n) is 7.66. The van der Waals surface area contributed by atoms with E-state index >= 15 is 0 Å². The van der Waals surface area contributed by atoms with E-state index in [1.807, 2.05) is 0 Å². The molecule has 0 atom stereocenters. The van der Waals surface area contributed by atoms with Gasteiger partial charge in [-0.2, -0.15) is 0 Å². The van der Waals surface area contributed by atoms with Crippen LogP contribution in [0.25, 0.3) is 0 Å². The van der Waals surface area contributed by atoms with Gasteiger partial charge in [-0.25, -0.2) is 9.48 Å². The third kappa shape index (κ3) is 5.24. The topological polar surface area (TPSA) is 106 Å². The van der Waals surface area contributed by atoms with Crippen molar-refractivity contribution < 1.29 is 5.11 Å². The van der Waals surface area contributed by atoms with Gasteiger partial charge in [0.05, 0.1) is 18.4 Å². The first-order chi connectivity index (χ1) is 15.8. The van der Waals surface area contributed by atoms with Crippen molar-refractivity contribution in [1.82, 2.24) is 24.5 Å². The number of nitrogens with one attached hydrogen (secondary N) is 1. The lowest BCUT2D eigenvalue weighted by molar-refractivity contribution is 0.0557. The zero-order valence-corrected chi connectivity index (χ0v) is 19.0. The Bertz CT molecular complexity index is 1300. The first-order valence-electron chi connectivity index (χ1n) is 10.3. The zero-order valence-electron chi connectivity index (χ0n) is 17.5. The standard InChI is InChI=1S/C23H21Cl2N5O3/c24-18-7-3-16(4-8-18)23(33,17-5-9-19(25)10-6-17)15-30-20(14-26-28-30)2-1-12-29-13-11-21(31)27-22(29)32/h3-11,13-14,33H,1-2,12,15H2,(H,27,31,32). The van der Waals surface area contributed by atoms with Gasteiger partial charge in [0.1, 0.15) is 5.60 Å². The molecule has 2 aromatic heterocycles. The maximum atomic E-state index is 11.9. The van der Waals surface area contributed by atoms with Gasteiger partial charge in [0, 0.05) is 28.9 Å². The second kappa shape index (κ2) is 9.74. The molecular formula is C23H21Cl2N5O3. The van der Waals surface area contributed by atoms with Gasteiger partial charge >= 0.3 is 5.69 Å². The molecule has 0 aliphatic rings. The number of hydrogen-bond donors (Lipinski definition) is 2. The van der Waals surface area contributed by atoms with Crippen molar-refractivity contribution in [2.45, 2.75) is 31.5 Å². The Morgan fingerprint density at radius 2 is 1.55 bits per heavy atom.